The van der Waals surface area contributed by atoms with Gasteiger partial charge in [-0.05, 0) is 33.5 Å². The molecule has 0 saturated heterocycles. The molecule has 0 rings (SSSR count). The Morgan fingerprint density at radius 1 is 1.40 bits per heavy atom. The van der Waals surface area contributed by atoms with E-state index in [-0.39, 0.29) is 0 Å². The third-order valence-corrected chi connectivity index (χ3v) is 1.92. The van der Waals surface area contributed by atoms with E-state index in [1.807, 2.05) is 7.05 Å². The van der Waals surface area contributed by atoms with Gasteiger partial charge >= 0.3 is 0 Å². The van der Waals surface area contributed by atoms with Gasteiger partial charge in [0.05, 0.1) is 0 Å². The van der Waals surface area contributed by atoms with E-state index in [0.29, 0.717) is 6.04 Å². The third-order valence-electron chi connectivity index (χ3n) is 1.37. The lowest BCUT2D eigenvalue weighted by Gasteiger charge is -2.09. The molecule has 0 amide bonds. The summed E-state index contributed by atoms with van der Waals surface area (Å²) in [7, 11) is 1.97. The Kier molecular flexibility index (Phi) is 7.58. The average molecular weight is 162 g/mol. The number of thiol groups is 1. The molecule has 0 fully saturated rings. The van der Waals surface area contributed by atoms with Crippen LogP contribution in [0.15, 0.2) is 0 Å². The Morgan fingerprint density at radius 2 is 2.10 bits per heavy atom. The number of nitrogens with one attached hydrogen (secondary N) is 2. The zero-order valence-corrected chi connectivity index (χ0v) is 7.75. The van der Waals surface area contributed by atoms with Crippen LogP contribution in [0.1, 0.15) is 13.3 Å². The van der Waals surface area contributed by atoms with Crippen LogP contribution < -0.4 is 10.6 Å². The lowest BCUT2D eigenvalue weighted by Crippen LogP contribution is -2.29. The molecule has 2 N–H and O–H groups in total. The van der Waals surface area contributed by atoms with Crippen molar-refractivity contribution in [2.24, 2.45) is 0 Å². The highest BCUT2D eigenvalue weighted by atomic mass is 32.1. The minimum absolute atomic E-state index is 0.542. The molecule has 0 aromatic heterocycles. The van der Waals surface area contributed by atoms with Crippen molar-refractivity contribution in [1.82, 2.24) is 10.6 Å². The molecule has 2 nitrogen and oxygen atoms in total. The van der Waals surface area contributed by atoms with Gasteiger partial charge in [-0.15, -0.1) is 0 Å². The van der Waals surface area contributed by atoms with Crippen LogP contribution in [-0.4, -0.2) is 31.9 Å². The molecular formula is C7H18N2S. The maximum atomic E-state index is 4.16. The molecule has 0 heterocycles. The average Bonchev–Trinajstić information content (AvgIpc) is 1.98. The summed E-state index contributed by atoms with van der Waals surface area (Å²) >= 11 is 4.16. The molecule has 0 aliphatic heterocycles. The summed E-state index contributed by atoms with van der Waals surface area (Å²) in [5, 5.41) is 6.45. The van der Waals surface area contributed by atoms with Crippen molar-refractivity contribution >= 4 is 12.6 Å². The fraction of sp³-hybridized carbons (Fsp3) is 1.00. The van der Waals surface area contributed by atoms with Gasteiger partial charge in [0.15, 0.2) is 0 Å². The molecule has 0 radical (unpaired) electrons. The first-order valence-electron chi connectivity index (χ1n) is 3.80. The molecule has 0 aromatic rings. The van der Waals surface area contributed by atoms with Crippen molar-refractivity contribution in [3.63, 3.8) is 0 Å². The molecule has 10 heavy (non-hydrogen) atoms. The van der Waals surface area contributed by atoms with Gasteiger partial charge in [0.25, 0.3) is 0 Å². The molecule has 0 bridgehead atoms. The first-order valence-corrected chi connectivity index (χ1v) is 4.43. The molecule has 0 spiro atoms. The van der Waals surface area contributed by atoms with Gasteiger partial charge in [-0.1, -0.05) is 0 Å². The van der Waals surface area contributed by atoms with Gasteiger partial charge in [0.2, 0.25) is 0 Å². The second-order valence-corrected chi connectivity index (χ2v) is 2.86. The molecule has 0 aromatic carbocycles. The van der Waals surface area contributed by atoms with Crippen molar-refractivity contribution < 1.29 is 0 Å². The maximum absolute atomic E-state index is 4.16. The van der Waals surface area contributed by atoms with E-state index in [0.717, 1.165) is 18.8 Å². The van der Waals surface area contributed by atoms with Crippen molar-refractivity contribution in [2.75, 3.05) is 25.9 Å². The highest BCUT2D eigenvalue weighted by Crippen LogP contribution is 1.84. The molecule has 0 aliphatic carbocycles. The van der Waals surface area contributed by atoms with Gasteiger partial charge < -0.3 is 10.6 Å². The zero-order chi connectivity index (χ0) is 7.82. The standard InChI is InChI=1S/C7H18N2S/c1-7(6-10)9-5-3-4-8-2/h7-10H,3-6H2,1-2H3/t7-/m1/s1. The zero-order valence-electron chi connectivity index (χ0n) is 6.85. The quantitative estimate of drug-likeness (QED) is 0.391. The van der Waals surface area contributed by atoms with Crippen molar-refractivity contribution in [3.05, 3.63) is 0 Å². The normalized spacial score (nSPS) is 13.5. The van der Waals surface area contributed by atoms with Crippen LogP contribution in [0.5, 0.6) is 0 Å². The molecule has 0 saturated carbocycles. The fourth-order valence-electron chi connectivity index (χ4n) is 0.678. The fourth-order valence-corrected chi connectivity index (χ4v) is 0.807. The van der Waals surface area contributed by atoms with Crippen molar-refractivity contribution in [2.45, 2.75) is 19.4 Å². The summed E-state index contributed by atoms with van der Waals surface area (Å²) in [5.74, 6) is 0.916. The SMILES string of the molecule is CNCCCN[C@H](C)CS. The Morgan fingerprint density at radius 3 is 2.60 bits per heavy atom. The maximum Gasteiger partial charge on any atom is 0.0127 e. The number of rotatable bonds is 6. The highest BCUT2D eigenvalue weighted by molar-refractivity contribution is 7.80. The lowest BCUT2D eigenvalue weighted by atomic mass is 10.3. The largest absolute Gasteiger partial charge is 0.320 e. The van der Waals surface area contributed by atoms with Crippen LogP contribution in [0.4, 0.5) is 0 Å². The van der Waals surface area contributed by atoms with E-state index >= 15 is 0 Å². The van der Waals surface area contributed by atoms with Crippen LogP contribution in [0.25, 0.3) is 0 Å². The number of hydrogen-bond donors (Lipinski definition) is 3. The minimum Gasteiger partial charge on any atom is -0.320 e. The minimum atomic E-state index is 0.542. The second-order valence-electron chi connectivity index (χ2n) is 2.49. The molecule has 0 aliphatic rings. The van der Waals surface area contributed by atoms with Gasteiger partial charge in [-0.2, -0.15) is 12.6 Å². The second kappa shape index (κ2) is 7.38. The Labute approximate surface area is 69.2 Å². The van der Waals surface area contributed by atoms with Gasteiger partial charge in [0.1, 0.15) is 0 Å². The van der Waals surface area contributed by atoms with E-state index in [2.05, 4.69) is 30.2 Å². The Hall–Kier alpha value is 0.270. The van der Waals surface area contributed by atoms with Crippen molar-refractivity contribution in [1.29, 1.82) is 0 Å². The van der Waals surface area contributed by atoms with Crippen molar-refractivity contribution in [3.8, 4) is 0 Å². The summed E-state index contributed by atoms with van der Waals surface area (Å²) in [4.78, 5) is 0. The predicted molar refractivity (Wildman–Crippen MR) is 49.9 cm³/mol. The molecular weight excluding hydrogens is 144 g/mol. The lowest BCUT2D eigenvalue weighted by molar-refractivity contribution is 0.566. The smallest absolute Gasteiger partial charge is 0.0127 e. The molecule has 62 valence electrons. The van der Waals surface area contributed by atoms with E-state index in [9.17, 15) is 0 Å². The molecule has 0 unspecified atom stereocenters. The van der Waals surface area contributed by atoms with E-state index in [4.69, 9.17) is 0 Å². The Bertz CT molecular complexity index is 68.6. The topological polar surface area (TPSA) is 24.1 Å². The van der Waals surface area contributed by atoms with Gasteiger partial charge in [-0.3, -0.25) is 0 Å². The highest BCUT2D eigenvalue weighted by Gasteiger charge is 1.94. The third kappa shape index (κ3) is 6.39. The predicted octanol–water partition coefficient (Wildman–Crippen LogP) is 0.504. The Balaban J connectivity index is 2.89. The molecule has 3 heteroatoms. The summed E-state index contributed by atoms with van der Waals surface area (Å²) in [6, 6.07) is 0.542. The molecule has 1 atom stereocenters. The van der Waals surface area contributed by atoms with Crippen LogP contribution in [0.3, 0.4) is 0 Å². The summed E-state index contributed by atoms with van der Waals surface area (Å²) in [6.07, 6.45) is 1.19. The van der Waals surface area contributed by atoms with E-state index in [1.54, 1.807) is 0 Å². The van der Waals surface area contributed by atoms with E-state index in [1.165, 1.54) is 6.42 Å². The van der Waals surface area contributed by atoms with Gasteiger partial charge in [-0.25, -0.2) is 0 Å². The summed E-state index contributed by atoms with van der Waals surface area (Å²) in [6.45, 7) is 4.32. The summed E-state index contributed by atoms with van der Waals surface area (Å²) in [5.41, 5.74) is 0. The number of hydrogen-bond acceptors (Lipinski definition) is 3. The van der Waals surface area contributed by atoms with Crippen LogP contribution in [-0.2, 0) is 0 Å². The monoisotopic (exact) mass is 162 g/mol. The van der Waals surface area contributed by atoms with E-state index < -0.39 is 0 Å². The van der Waals surface area contributed by atoms with Crippen LogP contribution in [0.2, 0.25) is 0 Å². The first kappa shape index (κ1) is 10.3. The first-order chi connectivity index (χ1) is 4.81. The van der Waals surface area contributed by atoms with Crippen LogP contribution >= 0.6 is 12.6 Å². The summed E-state index contributed by atoms with van der Waals surface area (Å²) < 4.78 is 0. The van der Waals surface area contributed by atoms with Gasteiger partial charge in [0, 0.05) is 11.8 Å². The van der Waals surface area contributed by atoms with Crippen LogP contribution in [0, 0.1) is 0 Å².